The summed E-state index contributed by atoms with van der Waals surface area (Å²) in [4.78, 5) is 1.40. The summed E-state index contributed by atoms with van der Waals surface area (Å²) in [6.07, 6.45) is 4.95. The first-order valence-electron chi connectivity index (χ1n) is 13.4. The number of nitrogens with one attached hydrogen (secondary N) is 1. The molecule has 0 heterocycles. The van der Waals surface area contributed by atoms with E-state index < -0.39 is 0 Å². The zero-order chi connectivity index (χ0) is 25.1. The monoisotopic (exact) mass is 485 g/mol. The Balaban J connectivity index is 1.67. The summed E-state index contributed by atoms with van der Waals surface area (Å²) < 4.78 is 0. The molecule has 0 bridgehead atoms. The molecular weight excluding hydrogens is 442 g/mol. The summed E-state index contributed by atoms with van der Waals surface area (Å²) >= 11 is 2.01. The summed E-state index contributed by atoms with van der Waals surface area (Å²) in [5.74, 6) is 1.15. The Hall–Kier alpha value is -2.03. The van der Waals surface area contributed by atoms with Crippen LogP contribution in [-0.4, -0.2) is 18.3 Å². The van der Waals surface area contributed by atoms with Gasteiger partial charge >= 0.3 is 0 Å². The molecule has 0 atom stereocenters. The molecule has 0 amide bonds. The van der Waals surface area contributed by atoms with Gasteiger partial charge in [0.05, 0.1) is 0 Å². The third-order valence-electron chi connectivity index (χ3n) is 7.63. The second-order valence-electron chi connectivity index (χ2n) is 11.8. The zero-order valence-corrected chi connectivity index (χ0v) is 23.4. The summed E-state index contributed by atoms with van der Waals surface area (Å²) in [5, 5.41) is 3.54. The van der Waals surface area contributed by atoms with Crippen LogP contribution in [0.2, 0.25) is 0 Å². The number of unbranched alkanes of at least 4 members (excludes halogenated alkanes) is 1. The molecule has 4 rings (SSSR count). The van der Waals surface area contributed by atoms with Gasteiger partial charge in [0.15, 0.2) is 0 Å². The number of hydrogen-bond donors (Lipinski definition) is 1. The first-order valence-corrected chi connectivity index (χ1v) is 14.4. The molecule has 0 spiro atoms. The van der Waals surface area contributed by atoms with Crippen LogP contribution in [-0.2, 0) is 10.8 Å². The Labute approximate surface area is 218 Å². The van der Waals surface area contributed by atoms with Crippen LogP contribution in [0.15, 0.2) is 71.6 Å². The maximum atomic E-state index is 3.54. The van der Waals surface area contributed by atoms with E-state index in [1.807, 2.05) is 11.8 Å². The van der Waals surface area contributed by atoms with Crippen LogP contribution in [0.1, 0.15) is 78.4 Å². The van der Waals surface area contributed by atoms with E-state index in [1.54, 1.807) is 0 Å². The van der Waals surface area contributed by atoms with Gasteiger partial charge in [0.2, 0.25) is 0 Å². The van der Waals surface area contributed by atoms with Crippen LogP contribution in [0.3, 0.4) is 0 Å². The second kappa shape index (κ2) is 10.9. The zero-order valence-electron chi connectivity index (χ0n) is 22.6. The van der Waals surface area contributed by atoms with Gasteiger partial charge in [-0.2, -0.15) is 0 Å². The van der Waals surface area contributed by atoms with Gasteiger partial charge in [-0.15, -0.1) is 11.8 Å². The molecule has 1 aliphatic carbocycles. The largest absolute Gasteiger partial charge is 0.315 e. The highest BCUT2D eigenvalue weighted by molar-refractivity contribution is 7.99. The molecule has 0 radical (unpaired) electrons. The maximum Gasteiger partial charge on any atom is 0.0151 e. The summed E-state index contributed by atoms with van der Waals surface area (Å²) in [6, 6.07) is 25.7. The molecule has 1 aliphatic rings. The van der Waals surface area contributed by atoms with E-state index in [4.69, 9.17) is 0 Å². The molecule has 3 aromatic carbocycles. The summed E-state index contributed by atoms with van der Waals surface area (Å²) in [6.45, 7) is 15.2. The molecule has 186 valence electrons. The smallest absolute Gasteiger partial charge is 0.0151 e. The molecule has 3 aromatic rings. The Morgan fingerprint density at radius 3 is 2.14 bits per heavy atom. The van der Waals surface area contributed by atoms with Crippen molar-refractivity contribution in [3.63, 3.8) is 0 Å². The van der Waals surface area contributed by atoms with Gasteiger partial charge in [0, 0.05) is 10.9 Å². The van der Waals surface area contributed by atoms with Gasteiger partial charge in [0.25, 0.3) is 0 Å². The topological polar surface area (TPSA) is 12.0 Å². The van der Waals surface area contributed by atoms with Crippen molar-refractivity contribution in [2.75, 3.05) is 12.3 Å². The molecule has 35 heavy (non-hydrogen) atoms. The number of benzene rings is 3. The van der Waals surface area contributed by atoms with Crippen LogP contribution < -0.4 is 5.32 Å². The fourth-order valence-corrected chi connectivity index (χ4v) is 6.31. The first-order chi connectivity index (χ1) is 16.7. The number of fused-ring (bicyclic) bond motifs is 1. The maximum absolute atomic E-state index is 3.54. The Kier molecular flexibility index (Phi) is 8.13. The molecule has 0 saturated carbocycles. The van der Waals surface area contributed by atoms with Crippen LogP contribution in [0.25, 0.3) is 22.3 Å². The van der Waals surface area contributed by atoms with Gasteiger partial charge in [-0.1, -0.05) is 96.1 Å². The van der Waals surface area contributed by atoms with E-state index in [9.17, 15) is 0 Å². The van der Waals surface area contributed by atoms with E-state index in [0.717, 1.165) is 12.3 Å². The molecule has 0 unspecified atom stereocenters. The third-order valence-corrected chi connectivity index (χ3v) is 8.79. The van der Waals surface area contributed by atoms with Crippen molar-refractivity contribution in [1.29, 1.82) is 0 Å². The number of thioether (sulfide) groups is 1. The van der Waals surface area contributed by atoms with Crippen molar-refractivity contribution in [2.45, 2.75) is 89.0 Å². The molecule has 0 saturated heterocycles. The van der Waals surface area contributed by atoms with E-state index in [1.165, 1.54) is 64.0 Å². The molecule has 0 fully saturated rings. The SMILES string of the molecule is CC(C)NCCCCSc1ccc(-c2ccccc2)cc1-c1ccc2c(c1)C(C)(C)CCC2(C)C. The van der Waals surface area contributed by atoms with E-state index in [-0.39, 0.29) is 10.8 Å². The predicted molar refractivity (Wildman–Crippen MR) is 156 cm³/mol. The summed E-state index contributed by atoms with van der Waals surface area (Å²) in [5.41, 5.74) is 8.84. The fourth-order valence-electron chi connectivity index (χ4n) is 5.25. The van der Waals surface area contributed by atoms with Gasteiger partial charge in [-0.3, -0.25) is 0 Å². The van der Waals surface area contributed by atoms with Crippen LogP contribution in [0.4, 0.5) is 0 Å². The van der Waals surface area contributed by atoms with Gasteiger partial charge in [-0.05, 0) is 94.3 Å². The second-order valence-corrected chi connectivity index (χ2v) is 12.9. The van der Waals surface area contributed by atoms with Crippen molar-refractivity contribution in [2.24, 2.45) is 0 Å². The van der Waals surface area contributed by atoms with Gasteiger partial charge in [-0.25, -0.2) is 0 Å². The lowest BCUT2D eigenvalue weighted by molar-refractivity contribution is 0.332. The van der Waals surface area contributed by atoms with E-state index >= 15 is 0 Å². The molecule has 1 N–H and O–H groups in total. The van der Waals surface area contributed by atoms with E-state index in [0.29, 0.717) is 6.04 Å². The average molecular weight is 486 g/mol. The van der Waals surface area contributed by atoms with Crippen LogP contribution >= 0.6 is 11.8 Å². The van der Waals surface area contributed by atoms with Gasteiger partial charge < -0.3 is 5.32 Å². The Bertz CT molecular complexity index is 1130. The lowest BCUT2D eigenvalue weighted by Gasteiger charge is -2.42. The van der Waals surface area contributed by atoms with Crippen molar-refractivity contribution in [1.82, 2.24) is 5.32 Å². The minimum Gasteiger partial charge on any atom is -0.315 e. The molecule has 1 nitrogen and oxygen atoms in total. The molecular formula is C33H43NS. The lowest BCUT2D eigenvalue weighted by atomic mass is 9.63. The highest BCUT2D eigenvalue weighted by atomic mass is 32.2. The number of hydrogen-bond acceptors (Lipinski definition) is 2. The van der Waals surface area contributed by atoms with Crippen molar-refractivity contribution >= 4 is 11.8 Å². The highest BCUT2D eigenvalue weighted by Gasteiger charge is 2.37. The normalized spacial score (nSPS) is 16.3. The first kappa shape index (κ1) is 26.0. The minimum absolute atomic E-state index is 0.217. The fraction of sp³-hybridized carbons (Fsp3) is 0.455. The van der Waals surface area contributed by atoms with Crippen molar-refractivity contribution in [3.05, 3.63) is 77.9 Å². The highest BCUT2D eigenvalue weighted by Crippen LogP contribution is 2.47. The average Bonchev–Trinajstić information content (AvgIpc) is 2.84. The van der Waals surface area contributed by atoms with Crippen LogP contribution in [0, 0.1) is 0 Å². The van der Waals surface area contributed by atoms with Crippen molar-refractivity contribution in [3.8, 4) is 22.3 Å². The Morgan fingerprint density at radius 2 is 1.43 bits per heavy atom. The molecule has 0 aliphatic heterocycles. The van der Waals surface area contributed by atoms with Gasteiger partial charge in [0.1, 0.15) is 0 Å². The number of rotatable bonds is 9. The Morgan fingerprint density at radius 1 is 0.743 bits per heavy atom. The molecule has 2 heteroatoms. The minimum atomic E-state index is 0.217. The van der Waals surface area contributed by atoms with E-state index in [2.05, 4.69) is 114 Å². The predicted octanol–water partition coefficient (Wildman–Crippen LogP) is 9.24. The molecule has 0 aromatic heterocycles. The van der Waals surface area contributed by atoms with Crippen LogP contribution in [0.5, 0.6) is 0 Å². The van der Waals surface area contributed by atoms with Crippen molar-refractivity contribution < 1.29 is 0 Å². The third kappa shape index (κ3) is 6.22. The standard InChI is InChI=1S/C33H43NS/c1-24(2)34-20-10-11-21-35-31-17-15-26(25-12-8-7-9-13-25)22-28(31)27-14-16-29-30(23-27)33(5,6)19-18-32(29,3)4/h7-9,12-17,22-24,34H,10-11,18-21H2,1-6H3. The lowest BCUT2D eigenvalue weighted by Crippen LogP contribution is -2.33. The quantitative estimate of drug-likeness (QED) is 0.239. The summed E-state index contributed by atoms with van der Waals surface area (Å²) in [7, 11) is 0.